The van der Waals surface area contributed by atoms with E-state index in [4.69, 9.17) is 23.2 Å². The predicted octanol–water partition coefficient (Wildman–Crippen LogP) is 4.09. The summed E-state index contributed by atoms with van der Waals surface area (Å²) in [7, 11) is 0. The number of hydrogen-bond acceptors (Lipinski definition) is 2. The van der Waals surface area contributed by atoms with Crippen LogP contribution in [0.15, 0.2) is 12.1 Å². The predicted molar refractivity (Wildman–Crippen MR) is 54.5 cm³/mol. The summed E-state index contributed by atoms with van der Waals surface area (Å²) >= 11 is 11.2. The van der Waals surface area contributed by atoms with Crippen LogP contribution in [0.25, 0.3) is 10.9 Å². The highest BCUT2D eigenvalue weighted by Gasteiger charge is 2.36. The molecule has 0 aliphatic carbocycles. The van der Waals surface area contributed by atoms with Gasteiger partial charge in [0, 0.05) is 0 Å². The Balaban J connectivity index is 2.87. The van der Waals surface area contributed by atoms with Crippen molar-refractivity contribution in [2.45, 2.75) is 6.18 Å². The van der Waals surface area contributed by atoms with Gasteiger partial charge in [-0.25, -0.2) is 14.4 Å². The van der Waals surface area contributed by atoms with E-state index >= 15 is 0 Å². The fourth-order valence-electron chi connectivity index (χ4n) is 1.25. The van der Waals surface area contributed by atoms with Crippen LogP contribution in [0.2, 0.25) is 10.2 Å². The first-order valence-electron chi connectivity index (χ1n) is 4.19. The second kappa shape index (κ2) is 3.96. The van der Waals surface area contributed by atoms with E-state index in [1.807, 2.05) is 0 Å². The Bertz CT molecular complexity index is 598. The first kappa shape index (κ1) is 12.3. The first-order valence-corrected chi connectivity index (χ1v) is 4.94. The van der Waals surface area contributed by atoms with E-state index in [1.54, 1.807) is 0 Å². The van der Waals surface area contributed by atoms with Gasteiger partial charge < -0.3 is 0 Å². The van der Waals surface area contributed by atoms with E-state index in [0.29, 0.717) is 0 Å². The first-order chi connectivity index (χ1) is 7.80. The van der Waals surface area contributed by atoms with Crippen molar-refractivity contribution in [2.75, 3.05) is 0 Å². The lowest BCUT2D eigenvalue weighted by Crippen LogP contribution is -2.11. The summed E-state index contributed by atoms with van der Waals surface area (Å²) in [6, 6.07) is 2.08. The van der Waals surface area contributed by atoms with Gasteiger partial charge in [0.2, 0.25) is 5.82 Å². The summed E-state index contributed by atoms with van der Waals surface area (Å²) in [5.41, 5.74) is -0.551. The molecule has 1 aromatic carbocycles. The number of rotatable bonds is 0. The third kappa shape index (κ3) is 2.14. The smallest absolute Gasteiger partial charge is 0.221 e. The van der Waals surface area contributed by atoms with Crippen molar-refractivity contribution < 1.29 is 17.6 Å². The maximum absolute atomic E-state index is 13.3. The number of benzene rings is 1. The Morgan fingerprint density at radius 1 is 1.06 bits per heavy atom. The molecule has 2 rings (SSSR count). The van der Waals surface area contributed by atoms with E-state index in [9.17, 15) is 17.6 Å². The van der Waals surface area contributed by atoms with E-state index in [1.165, 1.54) is 6.07 Å². The molecule has 0 fully saturated rings. The molecule has 2 aromatic rings. The maximum Gasteiger partial charge on any atom is 0.451 e. The number of aromatic nitrogens is 2. The van der Waals surface area contributed by atoms with Crippen LogP contribution in [0.3, 0.4) is 0 Å². The third-order valence-electron chi connectivity index (χ3n) is 1.96. The summed E-state index contributed by atoms with van der Waals surface area (Å²) in [5.74, 6) is -2.45. The molecular weight excluding hydrogens is 283 g/mol. The van der Waals surface area contributed by atoms with E-state index in [-0.39, 0.29) is 10.4 Å². The minimum atomic E-state index is -4.80. The molecule has 0 aliphatic rings. The number of hydrogen-bond donors (Lipinski definition) is 0. The molecule has 0 N–H and O–H groups in total. The summed E-state index contributed by atoms with van der Waals surface area (Å²) in [5, 5.41) is -0.687. The number of fused-ring (bicyclic) bond motifs is 1. The van der Waals surface area contributed by atoms with Gasteiger partial charge >= 0.3 is 6.18 Å². The van der Waals surface area contributed by atoms with Crippen molar-refractivity contribution >= 4 is 34.1 Å². The minimum Gasteiger partial charge on any atom is -0.221 e. The Labute approximate surface area is 102 Å². The van der Waals surface area contributed by atoms with Gasteiger partial charge in [-0.1, -0.05) is 23.2 Å². The Morgan fingerprint density at radius 2 is 1.71 bits per heavy atom. The molecule has 0 saturated carbocycles. The summed E-state index contributed by atoms with van der Waals surface area (Å²) in [6.07, 6.45) is -4.80. The monoisotopic (exact) mass is 284 g/mol. The number of halogens is 6. The molecule has 90 valence electrons. The van der Waals surface area contributed by atoms with Gasteiger partial charge in [-0.3, -0.25) is 0 Å². The van der Waals surface area contributed by atoms with Gasteiger partial charge in [0.05, 0.1) is 10.4 Å². The molecule has 8 heteroatoms. The fourth-order valence-corrected chi connectivity index (χ4v) is 1.81. The fraction of sp³-hybridized carbons (Fsp3) is 0.111. The van der Waals surface area contributed by atoms with Gasteiger partial charge in [-0.15, -0.1) is 0 Å². The highest BCUT2D eigenvalue weighted by atomic mass is 35.5. The molecule has 2 nitrogen and oxygen atoms in total. The van der Waals surface area contributed by atoms with Crippen molar-refractivity contribution in [1.29, 1.82) is 0 Å². The van der Waals surface area contributed by atoms with Crippen LogP contribution in [-0.2, 0) is 6.18 Å². The highest BCUT2D eigenvalue weighted by Crippen LogP contribution is 2.34. The maximum atomic E-state index is 13.3. The lowest BCUT2D eigenvalue weighted by molar-refractivity contribution is -0.144. The Hall–Kier alpha value is -1.14. The molecule has 0 aliphatic heterocycles. The van der Waals surface area contributed by atoms with Gasteiger partial charge in [0.15, 0.2) is 0 Å². The molecule has 0 amide bonds. The van der Waals surface area contributed by atoms with Crippen LogP contribution in [0, 0.1) is 5.82 Å². The van der Waals surface area contributed by atoms with Crippen LogP contribution >= 0.6 is 23.2 Å². The summed E-state index contributed by atoms with van der Waals surface area (Å²) in [4.78, 5) is 6.14. The normalized spacial score (nSPS) is 12.1. The quantitative estimate of drug-likeness (QED) is 0.538. The molecular formula is C9H2Cl2F4N2. The molecule has 1 heterocycles. The van der Waals surface area contributed by atoms with Crippen molar-refractivity contribution in [1.82, 2.24) is 9.97 Å². The van der Waals surface area contributed by atoms with Crippen molar-refractivity contribution in [3.05, 3.63) is 34.0 Å². The summed E-state index contributed by atoms with van der Waals surface area (Å²) in [6.45, 7) is 0. The largest absolute Gasteiger partial charge is 0.451 e. The second-order valence-corrected chi connectivity index (χ2v) is 3.85. The zero-order valence-electron chi connectivity index (χ0n) is 7.82. The number of alkyl halides is 3. The average molecular weight is 285 g/mol. The molecule has 0 spiro atoms. The van der Waals surface area contributed by atoms with Crippen molar-refractivity contribution in [3.8, 4) is 0 Å². The molecule has 0 radical (unpaired) electrons. The van der Waals surface area contributed by atoms with Crippen LogP contribution in [0.5, 0.6) is 0 Å². The molecule has 0 bridgehead atoms. The molecule has 0 saturated heterocycles. The van der Waals surface area contributed by atoms with Gasteiger partial charge in [0.1, 0.15) is 16.5 Å². The standard InChI is InChI=1S/C9H2Cl2F4N2/c10-3-1-2-4(12)6-5(3)7(11)17-8(16-6)9(13,14)15/h1-2H. The lowest BCUT2D eigenvalue weighted by atomic mass is 10.2. The minimum absolute atomic E-state index is 0.0138. The zero-order chi connectivity index (χ0) is 12.8. The van der Waals surface area contributed by atoms with Crippen LogP contribution in [0.1, 0.15) is 5.82 Å². The van der Waals surface area contributed by atoms with E-state index < -0.39 is 28.5 Å². The van der Waals surface area contributed by atoms with Gasteiger partial charge in [0.25, 0.3) is 0 Å². The van der Waals surface area contributed by atoms with Crippen LogP contribution < -0.4 is 0 Å². The van der Waals surface area contributed by atoms with Gasteiger partial charge in [-0.05, 0) is 12.1 Å². The SMILES string of the molecule is Fc1ccc(Cl)c2c(Cl)nc(C(F)(F)F)nc12. The second-order valence-electron chi connectivity index (χ2n) is 3.09. The average Bonchev–Trinajstić information content (AvgIpc) is 2.21. The van der Waals surface area contributed by atoms with Crippen molar-refractivity contribution in [3.63, 3.8) is 0 Å². The lowest BCUT2D eigenvalue weighted by Gasteiger charge is -2.08. The summed E-state index contributed by atoms with van der Waals surface area (Å²) < 4.78 is 50.5. The van der Waals surface area contributed by atoms with Crippen molar-refractivity contribution in [2.24, 2.45) is 0 Å². The molecule has 1 aromatic heterocycles. The third-order valence-corrected chi connectivity index (χ3v) is 2.55. The number of nitrogens with zero attached hydrogens (tertiary/aromatic N) is 2. The molecule has 0 atom stereocenters. The topological polar surface area (TPSA) is 25.8 Å². The van der Waals surface area contributed by atoms with E-state index in [0.717, 1.165) is 6.07 Å². The van der Waals surface area contributed by atoms with Crippen LogP contribution in [0.4, 0.5) is 17.6 Å². The molecule has 17 heavy (non-hydrogen) atoms. The van der Waals surface area contributed by atoms with Crippen LogP contribution in [-0.4, -0.2) is 9.97 Å². The Kier molecular flexibility index (Phi) is 2.87. The molecule has 0 unspecified atom stereocenters. The van der Waals surface area contributed by atoms with Gasteiger partial charge in [-0.2, -0.15) is 13.2 Å². The Morgan fingerprint density at radius 3 is 2.29 bits per heavy atom. The highest BCUT2D eigenvalue weighted by molar-refractivity contribution is 6.41. The zero-order valence-corrected chi connectivity index (χ0v) is 9.33. The van der Waals surface area contributed by atoms with E-state index in [2.05, 4.69) is 9.97 Å².